The van der Waals surface area contributed by atoms with E-state index in [-0.39, 0.29) is 13.0 Å². The third-order valence-electron chi connectivity index (χ3n) is 4.46. The molecule has 7 heteroatoms. The Morgan fingerprint density at radius 2 is 2.15 bits per heavy atom. The van der Waals surface area contributed by atoms with E-state index in [0.717, 1.165) is 12.3 Å². The maximum Gasteiger partial charge on any atom is 0.337 e. The Morgan fingerprint density at radius 1 is 1.42 bits per heavy atom. The standard InChI is InChI=1S/C19H30N2O5/c1-13(2)11-25-12-17(20)19(24,18(22)23)10-15-9-16(5-7-21-15)26-8-6-14-3-4-14/h5,7,9,13-14,17,24H,3-4,6,8,10-12,20H2,1-2H3,(H,22,23)/t17-,19+/m0/s1. The Bertz CT molecular complexity index is 591. The topological polar surface area (TPSA) is 115 Å². The van der Waals surface area contributed by atoms with Crippen molar-refractivity contribution in [2.45, 2.75) is 51.2 Å². The van der Waals surface area contributed by atoms with Gasteiger partial charge in [0, 0.05) is 31.0 Å². The molecule has 0 aromatic carbocycles. The van der Waals surface area contributed by atoms with Crippen LogP contribution in [0.1, 0.15) is 38.8 Å². The minimum absolute atomic E-state index is 0.0431. The van der Waals surface area contributed by atoms with E-state index in [1.165, 1.54) is 12.8 Å². The summed E-state index contributed by atoms with van der Waals surface area (Å²) in [6, 6.07) is 2.31. The van der Waals surface area contributed by atoms with E-state index in [2.05, 4.69) is 4.98 Å². The van der Waals surface area contributed by atoms with Crippen LogP contribution in [0.15, 0.2) is 18.3 Å². The van der Waals surface area contributed by atoms with Crippen LogP contribution in [-0.4, -0.2) is 52.6 Å². The van der Waals surface area contributed by atoms with Crippen molar-refractivity contribution in [3.05, 3.63) is 24.0 Å². The average molecular weight is 366 g/mol. The summed E-state index contributed by atoms with van der Waals surface area (Å²) >= 11 is 0. The number of carboxylic acid groups (broad SMARTS) is 1. The lowest BCUT2D eigenvalue weighted by atomic mass is 9.89. The van der Waals surface area contributed by atoms with Crippen LogP contribution >= 0.6 is 0 Å². The molecule has 1 fully saturated rings. The van der Waals surface area contributed by atoms with Gasteiger partial charge in [0.25, 0.3) is 0 Å². The molecule has 146 valence electrons. The van der Waals surface area contributed by atoms with Gasteiger partial charge < -0.3 is 25.4 Å². The molecular formula is C19H30N2O5. The highest BCUT2D eigenvalue weighted by molar-refractivity contribution is 5.78. The number of carbonyl (C=O) groups is 1. The maximum atomic E-state index is 11.7. The van der Waals surface area contributed by atoms with Crippen LogP contribution in [-0.2, 0) is 16.0 Å². The minimum Gasteiger partial charge on any atom is -0.493 e. The predicted molar refractivity (Wildman–Crippen MR) is 97.0 cm³/mol. The second-order valence-corrected chi connectivity index (χ2v) is 7.51. The molecule has 1 heterocycles. The Balaban J connectivity index is 1.97. The van der Waals surface area contributed by atoms with Gasteiger partial charge in [-0.2, -0.15) is 0 Å². The largest absolute Gasteiger partial charge is 0.493 e. The van der Waals surface area contributed by atoms with Crippen LogP contribution in [0.3, 0.4) is 0 Å². The van der Waals surface area contributed by atoms with Gasteiger partial charge in [-0.1, -0.05) is 26.7 Å². The molecule has 0 radical (unpaired) electrons. The Kier molecular flexibility index (Phi) is 7.37. The van der Waals surface area contributed by atoms with Crippen molar-refractivity contribution in [1.82, 2.24) is 4.98 Å². The lowest BCUT2D eigenvalue weighted by Crippen LogP contribution is -2.57. The van der Waals surface area contributed by atoms with Crippen molar-refractivity contribution in [2.75, 3.05) is 19.8 Å². The van der Waals surface area contributed by atoms with Crippen molar-refractivity contribution in [1.29, 1.82) is 0 Å². The second-order valence-electron chi connectivity index (χ2n) is 7.51. The highest BCUT2D eigenvalue weighted by atomic mass is 16.5. The van der Waals surface area contributed by atoms with Crippen LogP contribution in [0.5, 0.6) is 5.75 Å². The summed E-state index contributed by atoms with van der Waals surface area (Å²) in [5, 5.41) is 20.1. The number of nitrogens with zero attached hydrogens (tertiary/aromatic N) is 1. The first-order chi connectivity index (χ1) is 12.3. The molecular weight excluding hydrogens is 336 g/mol. The lowest BCUT2D eigenvalue weighted by Gasteiger charge is -2.29. The molecule has 0 spiro atoms. The van der Waals surface area contributed by atoms with Crippen molar-refractivity contribution < 1.29 is 24.5 Å². The number of ether oxygens (including phenoxy) is 2. The molecule has 0 amide bonds. The quantitative estimate of drug-likeness (QED) is 0.515. The molecule has 2 atom stereocenters. The van der Waals surface area contributed by atoms with E-state index in [9.17, 15) is 15.0 Å². The number of pyridine rings is 1. The number of rotatable bonds is 12. The first-order valence-corrected chi connectivity index (χ1v) is 9.18. The fourth-order valence-electron chi connectivity index (χ4n) is 2.60. The van der Waals surface area contributed by atoms with Gasteiger partial charge >= 0.3 is 5.97 Å². The number of hydrogen-bond donors (Lipinski definition) is 3. The van der Waals surface area contributed by atoms with Gasteiger partial charge in [-0.3, -0.25) is 4.98 Å². The zero-order chi connectivity index (χ0) is 19.2. The Hall–Kier alpha value is -1.70. The van der Waals surface area contributed by atoms with Crippen LogP contribution in [0.25, 0.3) is 0 Å². The van der Waals surface area contributed by atoms with E-state index >= 15 is 0 Å². The molecule has 4 N–H and O–H groups in total. The smallest absolute Gasteiger partial charge is 0.337 e. The average Bonchev–Trinajstić information content (AvgIpc) is 3.38. The van der Waals surface area contributed by atoms with Crippen molar-refractivity contribution in [2.24, 2.45) is 17.6 Å². The van der Waals surface area contributed by atoms with Gasteiger partial charge in [0.05, 0.1) is 19.3 Å². The Morgan fingerprint density at radius 3 is 2.77 bits per heavy atom. The summed E-state index contributed by atoms with van der Waals surface area (Å²) in [4.78, 5) is 15.8. The molecule has 2 rings (SSSR count). The lowest BCUT2D eigenvalue weighted by molar-refractivity contribution is -0.162. The minimum atomic E-state index is -2.16. The number of carboxylic acids is 1. The molecule has 0 saturated heterocycles. The summed E-state index contributed by atoms with van der Waals surface area (Å²) in [6.45, 7) is 4.99. The highest BCUT2D eigenvalue weighted by Gasteiger charge is 2.43. The Labute approximate surface area is 154 Å². The van der Waals surface area contributed by atoms with Crippen molar-refractivity contribution >= 4 is 5.97 Å². The predicted octanol–water partition coefficient (Wildman–Crippen LogP) is 1.62. The molecule has 26 heavy (non-hydrogen) atoms. The molecule has 0 aliphatic heterocycles. The van der Waals surface area contributed by atoms with Gasteiger partial charge in [0.15, 0.2) is 5.60 Å². The molecule has 7 nitrogen and oxygen atoms in total. The third kappa shape index (κ3) is 6.23. The van der Waals surface area contributed by atoms with Crippen molar-refractivity contribution in [3.63, 3.8) is 0 Å². The first kappa shape index (κ1) is 20.6. The summed E-state index contributed by atoms with van der Waals surface area (Å²) in [7, 11) is 0. The van der Waals surface area contributed by atoms with Gasteiger partial charge in [-0.05, 0) is 24.3 Å². The fourth-order valence-corrected chi connectivity index (χ4v) is 2.60. The van der Waals surface area contributed by atoms with Crippen LogP contribution < -0.4 is 10.5 Å². The van der Waals surface area contributed by atoms with Crippen LogP contribution in [0, 0.1) is 11.8 Å². The van der Waals surface area contributed by atoms with Gasteiger partial charge in [-0.15, -0.1) is 0 Å². The number of aliphatic carboxylic acids is 1. The van der Waals surface area contributed by atoms with Gasteiger partial charge in [0.1, 0.15) is 5.75 Å². The molecule has 0 unspecified atom stereocenters. The van der Waals surface area contributed by atoms with Gasteiger partial charge in [-0.25, -0.2) is 4.79 Å². The number of nitrogens with two attached hydrogens (primary N) is 1. The zero-order valence-electron chi connectivity index (χ0n) is 15.6. The monoisotopic (exact) mass is 366 g/mol. The molecule has 1 aliphatic carbocycles. The fraction of sp³-hybridized carbons (Fsp3) is 0.684. The van der Waals surface area contributed by atoms with E-state index in [0.29, 0.717) is 30.6 Å². The first-order valence-electron chi connectivity index (χ1n) is 9.18. The number of aliphatic hydroxyl groups is 1. The molecule has 1 saturated carbocycles. The molecule has 1 aromatic heterocycles. The number of aromatic nitrogens is 1. The SMILES string of the molecule is CC(C)COC[C@H](N)[C@](O)(Cc1cc(OCCC2CC2)ccn1)C(=O)O. The third-order valence-corrected chi connectivity index (χ3v) is 4.46. The number of hydrogen-bond acceptors (Lipinski definition) is 6. The second kappa shape index (κ2) is 9.30. The van der Waals surface area contributed by atoms with Crippen LogP contribution in [0.4, 0.5) is 0 Å². The molecule has 1 aromatic rings. The molecule has 1 aliphatic rings. The van der Waals surface area contributed by atoms with Gasteiger partial charge in [0.2, 0.25) is 0 Å². The van der Waals surface area contributed by atoms with E-state index in [1.54, 1.807) is 18.3 Å². The zero-order valence-corrected chi connectivity index (χ0v) is 15.6. The van der Waals surface area contributed by atoms with Crippen LogP contribution in [0.2, 0.25) is 0 Å². The maximum absolute atomic E-state index is 11.7. The summed E-state index contributed by atoms with van der Waals surface area (Å²) < 4.78 is 11.1. The van der Waals surface area contributed by atoms with Crippen molar-refractivity contribution in [3.8, 4) is 5.75 Å². The van der Waals surface area contributed by atoms with E-state index < -0.39 is 17.6 Å². The van der Waals surface area contributed by atoms with E-state index in [4.69, 9.17) is 15.2 Å². The molecule has 0 bridgehead atoms. The normalized spacial score (nSPS) is 17.7. The highest BCUT2D eigenvalue weighted by Crippen LogP contribution is 2.32. The summed E-state index contributed by atoms with van der Waals surface area (Å²) in [5.74, 6) is 0.302. The summed E-state index contributed by atoms with van der Waals surface area (Å²) in [6.07, 6.45) is 4.90. The summed E-state index contributed by atoms with van der Waals surface area (Å²) in [5.41, 5.74) is 4.19. The van der Waals surface area contributed by atoms with E-state index in [1.807, 2.05) is 13.8 Å².